The molecule has 1 aromatic carbocycles. The number of esters is 1. The summed E-state index contributed by atoms with van der Waals surface area (Å²) in [6.07, 6.45) is 1.11. The molecule has 27 heavy (non-hydrogen) atoms. The number of fused-ring (bicyclic) bond motifs is 1. The normalized spacial score (nSPS) is 13.4. The van der Waals surface area contributed by atoms with E-state index < -0.39 is 29.4 Å². The first-order chi connectivity index (χ1) is 12.7. The topological polar surface area (TPSA) is 103 Å². The van der Waals surface area contributed by atoms with Crippen LogP contribution in [0.3, 0.4) is 0 Å². The van der Waals surface area contributed by atoms with Gasteiger partial charge >= 0.3 is 11.9 Å². The summed E-state index contributed by atoms with van der Waals surface area (Å²) in [4.78, 5) is 57.4. The standard InChI is InChI=1S/C19H16N2O6/c1-19(2,3)26-18(25)14-9-8-11(10-20-14)17(24)27-21-15(22)12-6-4-5-7-13(12)16(21)23/h4-10H,1-3H3. The van der Waals surface area contributed by atoms with Gasteiger partial charge in [-0.1, -0.05) is 17.2 Å². The van der Waals surface area contributed by atoms with Crippen LogP contribution in [-0.2, 0) is 9.57 Å². The Morgan fingerprint density at radius 1 is 0.926 bits per heavy atom. The molecular weight excluding hydrogens is 352 g/mol. The average molecular weight is 368 g/mol. The van der Waals surface area contributed by atoms with Crippen molar-refractivity contribution < 1.29 is 28.8 Å². The minimum atomic E-state index is -0.951. The van der Waals surface area contributed by atoms with E-state index in [0.29, 0.717) is 5.06 Å². The van der Waals surface area contributed by atoms with Crippen LogP contribution in [0, 0.1) is 0 Å². The molecule has 3 rings (SSSR count). The molecule has 0 bridgehead atoms. The minimum absolute atomic E-state index is 0.0159. The highest BCUT2D eigenvalue weighted by molar-refractivity contribution is 6.21. The Kier molecular flexibility index (Phi) is 4.49. The van der Waals surface area contributed by atoms with Gasteiger partial charge in [-0.25, -0.2) is 14.6 Å². The van der Waals surface area contributed by atoms with E-state index in [1.165, 1.54) is 24.3 Å². The predicted octanol–water partition coefficient (Wildman–Crippen LogP) is 2.40. The molecule has 0 fully saturated rings. The number of nitrogens with zero attached hydrogens (tertiary/aromatic N) is 2. The third kappa shape index (κ3) is 3.69. The van der Waals surface area contributed by atoms with Gasteiger partial charge in [-0.05, 0) is 45.0 Å². The highest BCUT2D eigenvalue weighted by atomic mass is 16.7. The Hall–Kier alpha value is -3.55. The monoisotopic (exact) mass is 368 g/mol. The number of carbonyl (C=O) groups excluding carboxylic acids is 4. The molecule has 0 saturated heterocycles. The van der Waals surface area contributed by atoms with E-state index in [-0.39, 0.29) is 22.4 Å². The summed E-state index contributed by atoms with van der Waals surface area (Å²) in [5, 5.41) is 0.411. The third-order valence-electron chi connectivity index (χ3n) is 3.54. The zero-order valence-corrected chi connectivity index (χ0v) is 14.9. The lowest BCUT2D eigenvalue weighted by molar-refractivity contribution is -0.0584. The van der Waals surface area contributed by atoms with Gasteiger partial charge in [-0.3, -0.25) is 9.59 Å². The minimum Gasteiger partial charge on any atom is -0.455 e. The first-order valence-electron chi connectivity index (χ1n) is 8.07. The molecule has 8 nitrogen and oxygen atoms in total. The number of pyridine rings is 1. The van der Waals surface area contributed by atoms with Gasteiger partial charge in [-0.2, -0.15) is 0 Å². The van der Waals surface area contributed by atoms with Crippen LogP contribution in [0.25, 0.3) is 0 Å². The Labute approximate surface area is 154 Å². The molecule has 0 unspecified atom stereocenters. The number of ether oxygens (including phenoxy) is 1. The van der Waals surface area contributed by atoms with Crippen molar-refractivity contribution in [2.45, 2.75) is 26.4 Å². The second-order valence-electron chi connectivity index (χ2n) is 6.76. The third-order valence-corrected chi connectivity index (χ3v) is 3.54. The fourth-order valence-corrected chi connectivity index (χ4v) is 2.35. The smallest absolute Gasteiger partial charge is 0.365 e. The van der Waals surface area contributed by atoms with E-state index >= 15 is 0 Å². The summed E-state index contributed by atoms with van der Waals surface area (Å²) in [6, 6.07) is 8.75. The van der Waals surface area contributed by atoms with Crippen LogP contribution in [0.15, 0.2) is 42.6 Å². The van der Waals surface area contributed by atoms with Gasteiger partial charge in [0.25, 0.3) is 11.8 Å². The zero-order valence-electron chi connectivity index (χ0n) is 14.9. The maximum Gasteiger partial charge on any atom is 0.365 e. The van der Waals surface area contributed by atoms with E-state index in [4.69, 9.17) is 9.57 Å². The number of carbonyl (C=O) groups is 4. The van der Waals surface area contributed by atoms with Crippen molar-refractivity contribution in [1.82, 2.24) is 10.0 Å². The number of rotatable bonds is 3. The number of benzene rings is 1. The number of amides is 2. The lowest BCUT2D eigenvalue weighted by atomic mass is 10.1. The lowest BCUT2D eigenvalue weighted by Gasteiger charge is -2.19. The fourth-order valence-electron chi connectivity index (χ4n) is 2.35. The Morgan fingerprint density at radius 2 is 1.52 bits per heavy atom. The number of hydrogen-bond acceptors (Lipinski definition) is 7. The highest BCUT2D eigenvalue weighted by Crippen LogP contribution is 2.23. The first kappa shape index (κ1) is 18.2. The molecule has 0 atom stereocenters. The van der Waals surface area contributed by atoms with Gasteiger partial charge in [0.2, 0.25) is 0 Å². The van der Waals surface area contributed by atoms with Crippen molar-refractivity contribution in [2.75, 3.05) is 0 Å². The van der Waals surface area contributed by atoms with Crippen LogP contribution in [0.2, 0.25) is 0 Å². The van der Waals surface area contributed by atoms with Crippen LogP contribution < -0.4 is 0 Å². The molecule has 8 heteroatoms. The van der Waals surface area contributed by atoms with E-state index in [9.17, 15) is 19.2 Å². The second kappa shape index (κ2) is 6.64. The molecule has 0 radical (unpaired) electrons. The zero-order chi connectivity index (χ0) is 19.8. The molecule has 0 N–H and O–H groups in total. The van der Waals surface area contributed by atoms with Crippen LogP contribution in [0.4, 0.5) is 0 Å². The molecule has 2 amide bonds. The molecule has 1 aliphatic heterocycles. The van der Waals surface area contributed by atoms with Gasteiger partial charge in [0.15, 0.2) is 0 Å². The first-order valence-corrected chi connectivity index (χ1v) is 8.07. The predicted molar refractivity (Wildman–Crippen MR) is 91.8 cm³/mol. The fraction of sp³-hybridized carbons (Fsp3) is 0.211. The maximum absolute atomic E-state index is 12.2. The summed E-state index contributed by atoms with van der Waals surface area (Å²) >= 11 is 0. The lowest BCUT2D eigenvalue weighted by Crippen LogP contribution is -2.32. The van der Waals surface area contributed by atoms with Gasteiger partial charge in [0, 0.05) is 6.20 Å². The molecule has 0 saturated carbocycles. The number of hydroxylamine groups is 2. The highest BCUT2D eigenvalue weighted by Gasteiger charge is 2.38. The van der Waals surface area contributed by atoms with Crippen molar-refractivity contribution in [1.29, 1.82) is 0 Å². The Bertz CT molecular complexity index is 908. The molecule has 2 heterocycles. The number of aromatic nitrogens is 1. The van der Waals surface area contributed by atoms with Crippen LogP contribution in [-0.4, -0.2) is 39.4 Å². The van der Waals surface area contributed by atoms with Crippen molar-refractivity contribution in [3.8, 4) is 0 Å². The van der Waals surface area contributed by atoms with Crippen LogP contribution >= 0.6 is 0 Å². The van der Waals surface area contributed by atoms with Crippen LogP contribution in [0.5, 0.6) is 0 Å². The number of imide groups is 1. The maximum atomic E-state index is 12.2. The van der Waals surface area contributed by atoms with Gasteiger partial charge < -0.3 is 9.57 Å². The van der Waals surface area contributed by atoms with E-state index in [1.807, 2.05) is 0 Å². The molecule has 2 aromatic rings. The van der Waals surface area contributed by atoms with Gasteiger partial charge in [0.1, 0.15) is 11.3 Å². The summed E-state index contributed by atoms with van der Waals surface area (Å²) in [7, 11) is 0. The van der Waals surface area contributed by atoms with Crippen molar-refractivity contribution in [3.05, 3.63) is 65.0 Å². The molecular formula is C19H16N2O6. The molecule has 1 aromatic heterocycles. The van der Waals surface area contributed by atoms with Crippen molar-refractivity contribution >= 4 is 23.8 Å². The van der Waals surface area contributed by atoms with E-state index in [0.717, 1.165) is 6.20 Å². The Balaban J connectivity index is 1.72. The quantitative estimate of drug-likeness (QED) is 0.605. The molecule has 0 aliphatic carbocycles. The average Bonchev–Trinajstić information content (AvgIpc) is 2.86. The summed E-state index contributed by atoms with van der Waals surface area (Å²) in [5.74, 6) is -3.03. The van der Waals surface area contributed by atoms with E-state index in [2.05, 4.69) is 4.98 Å². The van der Waals surface area contributed by atoms with E-state index in [1.54, 1.807) is 32.9 Å². The van der Waals surface area contributed by atoms with Gasteiger partial charge in [0.05, 0.1) is 16.7 Å². The van der Waals surface area contributed by atoms with Crippen molar-refractivity contribution in [3.63, 3.8) is 0 Å². The molecule has 1 aliphatic rings. The summed E-state index contributed by atoms with van der Waals surface area (Å²) < 4.78 is 5.18. The van der Waals surface area contributed by atoms with Crippen LogP contribution in [0.1, 0.15) is 62.3 Å². The summed E-state index contributed by atoms with van der Waals surface area (Å²) in [6.45, 7) is 5.16. The number of hydrogen-bond donors (Lipinski definition) is 0. The molecule has 0 spiro atoms. The summed E-state index contributed by atoms with van der Waals surface area (Å²) in [5.41, 5.74) is -0.370. The SMILES string of the molecule is CC(C)(C)OC(=O)c1ccc(C(=O)ON2C(=O)c3ccccc3C2=O)cn1. The van der Waals surface area contributed by atoms with Gasteiger partial charge in [-0.15, -0.1) is 0 Å². The largest absolute Gasteiger partial charge is 0.455 e. The Morgan fingerprint density at radius 3 is 2.00 bits per heavy atom. The second-order valence-corrected chi connectivity index (χ2v) is 6.76. The van der Waals surface area contributed by atoms with Crippen molar-refractivity contribution in [2.24, 2.45) is 0 Å². The molecule has 138 valence electrons.